The van der Waals surface area contributed by atoms with Gasteiger partial charge >= 0.3 is 0 Å². The fraction of sp³-hybridized carbons (Fsp3) is 0.917. The Labute approximate surface area is 97.6 Å². The van der Waals surface area contributed by atoms with Crippen LogP contribution in [0.15, 0.2) is 5.16 Å². The average molecular weight is 226 g/mol. The molecule has 1 aliphatic heterocycles. The van der Waals surface area contributed by atoms with Crippen LogP contribution >= 0.6 is 0 Å². The van der Waals surface area contributed by atoms with Crippen LogP contribution in [-0.4, -0.2) is 50.1 Å². The van der Waals surface area contributed by atoms with Crippen molar-refractivity contribution in [2.45, 2.75) is 32.1 Å². The lowest BCUT2D eigenvalue weighted by molar-refractivity contribution is 0.0210. The molecule has 0 atom stereocenters. The van der Waals surface area contributed by atoms with Crippen molar-refractivity contribution in [2.24, 2.45) is 5.16 Å². The van der Waals surface area contributed by atoms with Gasteiger partial charge in [0.1, 0.15) is 6.61 Å². The Kier molecular flexibility index (Phi) is 5.09. The second kappa shape index (κ2) is 6.86. The topological polar surface area (TPSA) is 34.1 Å². The van der Waals surface area contributed by atoms with E-state index in [1.165, 1.54) is 25.0 Å². The number of oxime groups is 1. The van der Waals surface area contributed by atoms with Gasteiger partial charge in [0.15, 0.2) is 0 Å². The zero-order valence-electron chi connectivity index (χ0n) is 9.99. The molecule has 1 heterocycles. The van der Waals surface area contributed by atoms with Gasteiger partial charge in [0, 0.05) is 19.6 Å². The Balaban J connectivity index is 1.56. The molecule has 0 aromatic carbocycles. The van der Waals surface area contributed by atoms with Crippen LogP contribution in [0.3, 0.4) is 0 Å². The molecular formula is C12H22N2O2. The standard InChI is InChI=1S/C12H22N2O2/c1-2-4-12(5-3-1)13-16-11-8-14-6-9-15-10-7-14/h1-11H2. The molecule has 0 aromatic heterocycles. The first-order valence-electron chi connectivity index (χ1n) is 6.43. The highest BCUT2D eigenvalue weighted by Gasteiger charge is 2.10. The van der Waals surface area contributed by atoms with Crippen LogP contribution in [0.25, 0.3) is 0 Å². The molecule has 0 bridgehead atoms. The second-order valence-electron chi connectivity index (χ2n) is 4.51. The Bertz CT molecular complexity index is 217. The second-order valence-corrected chi connectivity index (χ2v) is 4.51. The van der Waals surface area contributed by atoms with Crippen LogP contribution in [0.1, 0.15) is 32.1 Å². The van der Waals surface area contributed by atoms with E-state index in [0.717, 1.165) is 45.7 Å². The highest BCUT2D eigenvalue weighted by Crippen LogP contribution is 2.14. The molecule has 1 aliphatic carbocycles. The first kappa shape index (κ1) is 11.9. The van der Waals surface area contributed by atoms with Crippen molar-refractivity contribution in [3.8, 4) is 0 Å². The Morgan fingerprint density at radius 3 is 2.62 bits per heavy atom. The molecule has 16 heavy (non-hydrogen) atoms. The molecule has 4 nitrogen and oxygen atoms in total. The molecule has 2 aliphatic rings. The van der Waals surface area contributed by atoms with E-state index in [1.807, 2.05) is 0 Å². The number of hydrogen-bond acceptors (Lipinski definition) is 4. The molecular weight excluding hydrogens is 204 g/mol. The molecule has 2 fully saturated rings. The minimum absolute atomic E-state index is 0.712. The first-order valence-corrected chi connectivity index (χ1v) is 6.43. The third-order valence-corrected chi connectivity index (χ3v) is 3.23. The summed E-state index contributed by atoms with van der Waals surface area (Å²) in [7, 11) is 0. The Morgan fingerprint density at radius 2 is 1.88 bits per heavy atom. The van der Waals surface area contributed by atoms with Crippen molar-refractivity contribution < 1.29 is 9.57 Å². The summed E-state index contributed by atoms with van der Waals surface area (Å²) in [5.74, 6) is 0. The lowest BCUT2D eigenvalue weighted by Gasteiger charge is -2.25. The minimum atomic E-state index is 0.712. The van der Waals surface area contributed by atoms with Gasteiger partial charge in [-0.15, -0.1) is 0 Å². The molecule has 0 N–H and O–H groups in total. The molecule has 0 unspecified atom stereocenters. The van der Waals surface area contributed by atoms with Gasteiger partial charge in [-0.3, -0.25) is 4.90 Å². The van der Waals surface area contributed by atoms with Gasteiger partial charge < -0.3 is 9.57 Å². The van der Waals surface area contributed by atoms with E-state index in [9.17, 15) is 0 Å². The van der Waals surface area contributed by atoms with Gasteiger partial charge in [-0.05, 0) is 25.7 Å². The van der Waals surface area contributed by atoms with Crippen molar-refractivity contribution >= 4 is 5.71 Å². The van der Waals surface area contributed by atoms with Gasteiger partial charge in [0.05, 0.1) is 18.9 Å². The van der Waals surface area contributed by atoms with Crippen molar-refractivity contribution in [2.75, 3.05) is 39.5 Å². The Hall–Kier alpha value is -0.610. The molecule has 1 saturated carbocycles. The summed E-state index contributed by atoms with van der Waals surface area (Å²) in [6.07, 6.45) is 6.19. The minimum Gasteiger partial charge on any atom is -0.394 e. The molecule has 92 valence electrons. The number of morpholine rings is 1. The van der Waals surface area contributed by atoms with Gasteiger partial charge in [0.2, 0.25) is 0 Å². The van der Waals surface area contributed by atoms with Gasteiger partial charge in [0.25, 0.3) is 0 Å². The predicted molar refractivity (Wildman–Crippen MR) is 63.7 cm³/mol. The van der Waals surface area contributed by atoms with E-state index in [1.54, 1.807) is 0 Å². The van der Waals surface area contributed by atoms with Crippen molar-refractivity contribution in [1.29, 1.82) is 0 Å². The van der Waals surface area contributed by atoms with E-state index >= 15 is 0 Å². The molecule has 0 amide bonds. The normalized spacial score (nSPS) is 23.1. The van der Waals surface area contributed by atoms with Crippen molar-refractivity contribution in [3.63, 3.8) is 0 Å². The summed E-state index contributed by atoms with van der Waals surface area (Å²) in [5, 5.41) is 4.23. The predicted octanol–water partition coefficient (Wildman–Crippen LogP) is 1.66. The maximum Gasteiger partial charge on any atom is 0.129 e. The van der Waals surface area contributed by atoms with Gasteiger partial charge in [-0.25, -0.2) is 0 Å². The average Bonchev–Trinajstić information content (AvgIpc) is 2.37. The van der Waals surface area contributed by atoms with E-state index in [-0.39, 0.29) is 0 Å². The van der Waals surface area contributed by atoms with Crippen molar-refractivity contribution in [3.05, 3.63) is 0 Å². The fourth-order valence-corrected chi connectivity index (χ4v) is 2.18. The molecule has 1 saturated heterocycles. The van der Waals surface area contributed by atoms with Crippen LogP contribution in [0.5, 0.6) is 0 Å². The zero-order chi connectivity index (χ0) is 11.1. The molecule has 0 aromatic rings. The smallest absolute Gasteiger partial charge is 0.129 e. The third-order valence-electron chi connectivity index (χ3n) is 3.23. The summed E-state index contributed by atoms with van der Waals surface area (Å²) in [5.41, 5.74) is 1.26. The number of hydrogen-bond donors (Lipinski definition) is 0. The fourth-order valence-electron chi connectivity index (χ4n) is 2.18. The van der Waals surface area contributed by atoms with Crippen LogP contribution < -0.4 is 0 Å². The first-order chi connectivity index (χ1) is 7.95. The highest BCUT2D eigenvalue weighted by molar-refractivity contribution is 5.84. The van der Waals surface area contributed by atoms with Crippen LogP contribution in [0.4, 0.5) is 0 Å². The third kappa shape index (κ3) is 4.10. The van der Waals surface area contributed by atoms with Crippen LogP contribution in [0, 0.1) is 0 Å². The van der Waals surface area contributed by atoms with E-state index in [2.05, 4.69) is 10.1 Å². The molecule has 0 radical (unpaired) electrons. The summed E-state index contributed by atoms with van der Waals surface area (Å²) < 4.78 is 5.29. The van der Waals surface area contributed by atoms with Gasteiger partial charge in [-0.2, -0.15) is 0 Å². The van der Waals surface area contributed by atoms with E-state index < -0.39 is 0 Å². The Morgan fingerprint density at radius 1 is 1.12 bits per heavy atom. The van der Waals surface area contributed by atoms with Crippen molar-refractivity contribution in [1.82, 2.24) is 4.90 Å². The summed E-state index contributed by atoms with van der Waals surface area (Å²) in [6, 6.07) is 0. The number of ether oxygens (including phenoxy) is 1. The van der Waals surface area contributed by atoms with Crippen LogP contribution in [0.2, 0.25) is 0 Å². The number of nitrogens with zero attached hydrogens (tertiary/aromatic N) is 2. The largest absolute Gasteiger partial charge is 0.394 e. The summed E-state index contributed by atoms with van der Waals surface area (Å²) in [4.78, 5) is 7.75. The summed E-state index contributed by atoms with van der Waals surface area (Å²) >= 11 is 0. The monoisotopic (exact) mass is 226 g/mol. The number of rotatable bonds is 4. The van der Waals surface area contributed by atoms with E-state index in [4.69, 9.17) is 9.57 Å². The maximum absolute atomic E-state index is 5.38. The zero-order valence-corrected chi connectivity index (χ0v) is 9.99. The molecule has 2 rings (SSSR count). The quantitative estimate of drug-likeness (QED) is 0.540. The van der Waals surface area contributed by atoms with Gasteiger partial charge in [-0.1, -0.05) is 11.6 Å². The maximum atomic E-state index is 5.38. The lowest BCUT2D eigenvalue weighted by Crippen LogP contribution is -2.38. The lowest BCUT2D eigenvalue weighted by atomic mass is 9.99. The van der Waals surface area contributed by atoms with E-state index in [0.29, 0.717) is 6.61 Å². The molecule has 4 heteroatoms. The summed E-state index contributed by atoms with van der Waals surface area (Å²) in [6.45, 7) is 5.45. The molecule has 0 spiro atoms. The van der Waals surface area contributed by atoms with Crippen LogP contribution in [-0.2, 0) is 9.57 Å². The SMILES string of the molecule is C1CCC(=NOCCN2CCOCC2)CC1. The highest BCUT2D eigenvalue weighted by atomic mass is 16.6.